The van der Waals surface area contributed by atoms with E-state index in [1.807, 2.05) is 52.0 Å². The van der Waals surface area contributed by atoms with E-state index >= 15 is 0 Å². The second-order valence-electron chi connectivity index (χ2n) is 9.31. The van der Waals surface area contributed by atoms with E-state index in [1.165, 1.54) is 17.0 Å². The molecule has 0 saturated heterocycles. The molecule has 0 heterocycles. The van der Waals surface area contributed by atoms with Crippen LogP contribution in [0.3, 0.4) is 0 Å². The summed E-state index contributed by atoms with van der Waals surface area (Å²) < 4.78 is 34.4. The Morgan fingerprint density at radius 1 is 0.949 bits per heavy atom. The first-order valence-electron chi connectivity index (χ1n) is 13.0. The number of amides is 2. The Bertz CT molecular complexity index is 1390. The smallest absolute Gasteiger partial charge is 0.264 e. The highest BCUT2D eigenvalue weighted by atomic mass is 32.2. The molecule has 8 nitrogen and oxygen atoms in total. The quantitative estimate of drug-likeness (QED) is 0.359. The Labute approximate surface area is 231 Å². The maximum atomic E-state index is 14.1. The van der Waals surface area contributed by atoms with Gasteiger partial charge in [-0.15, -0.1) is 0 Å². The zero-order valence-corrected chi connectivity index (χ0v) is 24.0. The van der Waals surface area contributed by atoms with Crippen LogP contribution >= 0.6 is 0 Å². The number of hydrogen-bond donors (Lipinski definition) is 1. The highest BCUT2D eigenvalue weighted by Gasteiger charge is 2.34. The van der Waals surface area contributed by atoms with Crippen LogP contribution in [0.5, 0.6) is 5.75 Å². The van der Waals surface area contributed by atoms with Crippen molar-refractivity contribution in [3.63, 3.8) is 0 Å². The molecular formula is C30H37N3O5S. The number of carbonyl (C=O) groups excluding carboxylic acids is 2. The van der Waals surface area contributed by atoms with Gasteiger partial charge in [0.15, 0.2) is 0 Å². The van der Waals surface area contributed by atoms with E-state index in [2.05, 4.69) is 5.32 Å². The molecule has 0 spiro atoms. The molecule has 9 heteroatoms. The number of carbonyl (C=O) groups is 2. The van der Waals surface area contributed by atoms with Crippen molar-refractivity contribution in [2.45, 2.75) is 51.6 Å². The lowest BCUT2D eigenvalue weighted by Crippen LogP contribution is -2.52. The molecule has 0 bridgehead atoms. The number of rotatable bonds is 12. The number of aryl methyl sites for hydroxylation is 2. The molecule has 0 aliphatic heterocycles. The van der Waals surface area contributed by atoms with E-state index in [4.69, 9.17) is 4.74 Å². The summed E-state index contributed by atoms with van der Waals surface area (Å²) in [5.41, 5.74) is 2.75. The number of likely N-dealkylation sites (N-methyl/N-ethyl adjacent to an activating group) is 1. The number of benzene rings is 3. The molecule has 1 atom stereocenters. The molecule has 0 radical (unpaired) electrons. The van der Waals surface area contributed by atoms with E-state index in [1.54, 1.807) is 43.5 Å². The molecule has 208 valence electrons. The van der Waals surface area contributed by atoms with Crippen LogP contribution in [0.2, 0.25) is 0 Å². The molecule has 39 heavy (non-hydrogen) atoms. The first kappa shape index (κ1) is 29.7. The van der Waals surface area contributed by atoms with Gasteiger partial charge in [-0.05, 0) is 74.2 Å². The SMILES string of the molecule is CCNC(=O)[C@H](CC)N(Cc1cccc(OC)c1)C(=O)CN(c1cc(C)ccc1C)S(=O)(=O)c1ccccc1. The van der Waals surface area contributed by atoms with Gasteiger partial charge in [-0.2, -0.15) is 0 Å². The fourth-order valence-corrected chi connectivity index (χ4v) is 5.89. The second-order valence-corrected chi connectivity index (χ2v) is 11.2. The number of hydrogen-bond acceptors (Lipinski definition) is 5. The molecular weight excluding hydrogens is 514 g/mol. The first-order valence-corrected chi connectivity index (χ1v) is 14.4. The highest BCUT2D eigenvalue weighted by molar-refractivity contribution is 7.92. The maximum absolute atomic E-state index is 14.1. The summed E-state index contributed by atoms with van der Waals surface area (Å²) in [6.45, 7) is 7.37. The third-order valence-corrected chi connectivity index (χ3v) is 8.24. The van der Waals surface area contributed by atoms with E-state index in [-0.39, 0.29) is 17.3 Å². The van der Waals surface area contributed by atoms with Crippen molar-refractivity contribution in [2.24, 2.45) is 0 Å². The number of nitrogens with one attached hydrogen (secondary N) is 1. The van der Waals surface area contributed by atoms with Gasteiger partial charge in [-0.1, -0.05) is 49.4 Å². The minimum Gasteiger partial charge on any atom is -0.497 e. The van der Waals surface area contributed by atoms with Gasteiger partial charge in [0, 0.05) is 13.1 Å². The standard InChI is InChI=1S/C30H37N3O5S/c1-6-27(30(35)31-7-2)32(20-24-12-11-13-25(19-24)38-5)29(34)21-33(28-18-22(3)16-17-23(28)4)39(36,37)26-14-9-8-10-15-26/h8-19,27H,6-7,20-21H2,1-5H3,(H,31,35)/t27-/m0/s1. The van der Waals surface area contributed by atoms with E-state index < -0.39 is 28.5 Å². The number of anilines is 1. The predicted octanol–water partition coefficient (Wildman–Crippen LogP) is 4.45. The van der Waals surface area contributed by atoms with Crippen LogP contribution in [-0.4, -0.2) is 51.4 Å². The highest BCUT2D eigenvalue weighted by Crippen LogP contribution is 2.28. The lowest BCUT2D eigenvalue weighted by molar-refractivity contribution is -0.140. The average molecular weight is 552 g/mol. The van der Waals surface area contributed by atoms with Crippen LogP contribution in [0.25, 0.3) is 0 Å². The summed E-state index contributed by atoms with van der Waals surface area (Å²) in [4.78, 5) is 28.7. The average Bonchev–Trinajstić information content (AvgIpc) is 2.93. The van der Waals surface area contributed by atoms with Crippen LogP contribution < -0.4 is 14.4 Å². The van der Waals surface area contributed by atoms with Crippen LogP contribution in [0, 0.1) is 13.8 Å². The van der Waals surface area contributed by atoms with Crippen LogP contribution in [-0.2, 0) is 26.2 Å². The summed E-state index contributed by atoms with van der Waals surface area (Å²) in [5, 5.41) is 2.81. The third-order valence-electron chi connectivity index (χ3n) is 6.47. The van der Waals surface area contributed by atoms with Crippen LogP contribution in [0.4, 0.5) is 5.69 Å². The van der Waals surface area contributed by atoms with Gasteiger partial charge >= 0.3 is 0 Å². The van der Waals surface area contributed by atoms with Crippen molar-refractivity contribution < 1.29 is 22.7 Å². The largest absolute Gasteiger partial charge is 0.497 e. The van der Waals surface area contributed by atoms with Crippen molar-refractivity contribution in [2.75, 3.05) is 24.5 Å². The summed E-state index contributed by atoms with van der Waals surface area (Å²) >= 11 is 0. The molecule has 2 amide bonds. The predicted molar refractivity (Wildman–Crippen MR) is 153 cm³/mol. The second kappa shape index (κ2) is 13.3. The number of nitrogens with zero attached hydrogens (tertiary/aromatic N) is 2. The van der Waals surface area contributed by atoms with Gasteiger partial charge in [0.05, 0.1) is 17.7 Å². The van der Waals surface area contributed by atoms with E-state index in [0.29, 0.717) is 30.0 Å². The molecule has 3 aromatic carbocycles. The summed E-state index contributed by atoms with van der Waals surface area (Å²) in [6.07, 6.45) is 0.358. The van der Waals surface area contributed by atoms with Crippen molar-refractivity contribution in [1.82, 2.24) is 10.2 Å². The molecule has 0 unspecified atom stereocenters. The van der Waals surface area contributed by atoms with Crippen molar-refractivity contribution >= 4 is 27.5 Å². The van der Waals surface area contributed by atoms with Gasteiger partial charge in [-0.3, -0.25) is 13.9 Å². The summed E-state index contributed by atoms with van der Waals surface area (Å²) in [5.74, 6) is -0.161. The van der Waals surface area contributed by atoms with E-state index in [0.717, 1.165) is 15.4 Å². The molecule has 0 aliphatic rings. The zero-order valence-electron chi connectivity index (χ0n) is 23.2. The molecule has 0 aliphatic carbocycles. The lowest BCUT2D eigenvalue weighted by atomic mass is 10.1. The van der Waals surface area contributed by atoms with Gasteiger partial charge < -0.3 is 15.0 Å². The Hall–Kier alpha value is -3.85. The normalized spacial score (nSPS) is 11.9. The minimum absolute atomic E-state index is 0.0776. The molecule has 3 aromatic rings. The minimum atomic E-state index is -4.10. The molecule has 0 saturated carbocycles. The molecule has 0 aromatic heterocycles. The van der Waals surface area contributed by atoms with Crippen molar-refractivity contribution in [1.29, 1.82) is 0 Å². The first-order chi connectivity index (χ1) is 18.6. The van der Waals surface area contributed by atoms with Gasteiger partial charge in [0.25, 0.3) is 10.0 Å². The van der Waals surface area contributed by atoms with E-state index in [9.17, 15) is 18.0 Å². The van der Waals surface area contributed by atoms with Crippen LogP contribution in [0.15, 0.2) is 77.7 Å². The summed E-state index contributed by atoms with van der Waals surface area (Å²) in [6, 6.07) is 20.0. The fraction of sp³-hybridized carbons (Fsp3) is 0.333. The molecule has 3 rings (SSSR count). The topological polar surface area (TPSA) is 96.0 Å². The number of sulfonamides is 1. The Balaban J connectivity index is 2.10. The molecule has 1 N–H and O–H groups in total. The monoisotopic (exact) mass is 551 g/mol. The van der Waals surface area contributed by atoms with Crippen molar-refractivity contribution in [3.05, 3.63) is 89.5 Å². The fourth-order valence-electron chi connectivity index (χ4n) is 4.40. The van der Waals surface area contributed by atoms with Gasteiger partial charge in [0.1, 0.15) is 18.3 Å². The lowest BCUT2D eigenvalue weighted by Gasteiger charge is -2.33. The van der Waals surface area contributed by atoms with Gasteiger partial charge in [-0.25, -0.2) is 8.42 Å². The van der Waals surface area contributed by atoms with Crippen LogP contribution in [0.1, 0.15) is 37.0 Å². The maximum Gasteiger partial charge on any atom is 0.264 e. The Morgan fingerprint density at radius 3 is 2.31 bits per heavy atom. The number of methoxy groups -OCH3 is 1. The number of ether oxygens (including phenoxy) is 1. The zero-order chi connectivity index (χ0) is 28.6. The Kier molecular flexibility index (Phi) is 10.1. The Morgan fingerprint density at radius 2 is 1.67 bits per heavy atom. The summed E-state index contributed by atoms with van der Waals surface area (Å²) in [7, 11) is -2.55. The van der Waals surface area contributed by atoms with Gasteiger partial charge in [0.2, 0.25) is 11.8 Å². The third kappa shape index (κ3) is 7.17. The van der Waals surface area contributed by atoms with Crippen molar-refractivity contribution in [3.8, 4) is 5.75 Å². The molecule has 0 fully saturated rings.